The molecule has 2 rings (SSSR count). The van der Waals surface area contributed by atoms with Gasteiger partial charge in [0, 0.05) is 6.04 Å². The quantitative estimate of drug-likeness (QED) is 0.862. The van der Waals surface area contributed by atoms with Gasteiger partial charge >= 0.3 is 0 Å². The van der Waals surface area contributed by atoms with Crippen molar-refractivity contribution >= 4 is 0 Å². The van der Waals surface area contributed by atoms with Crippen LogP contribution in [0.25, 0.3) is 0 Å². The lowest BCUT2D eigenvalue weighted by Crippen LogP contribution is -2.20. The molecule has 2 heteroatoms. The summed E-state index contributed by atoms with van der Waals surface area (Å²) < 4.78 is 5.21. The molecule has 0 aliphatic carbocycles. The van der Waals surface area contributed by atoms with E-state index in [9.17, 15) is 0 Å². The number of hydrogen-bond acceptors (Lipinski definition) is 2. The van der Waals surface area contributed by atoms with Crippen LogP contribution in [-0.4, -0.2) is 14.2 Å². The molecule has 1 N–H and O–H groups in total. The van der Waals surface area contributed by atoms with Gasteiger partial charge in [0.1, 0.15) is 5.75 Å². The highest BCUT2D eigenvalue weighted by Crippen LogP contribution is 2.23. The maximum absolute atomic E-state index is 5.21. The Hall–Kier alpha value is -1.80. The van der Waals surface area contributed by atoms with Crippen LogP contribution in [0.1, 0.15) is 29.7 Å². The van der Waals surface area contributed by atoms with Crippen LogP contribution in [0, 0.1) is 0 Å². The molecule has 0 aliphatic heterocycles. The number of methoxy groups -OCH3 is 1. The van der Waals surface area contributed by atoms with Crippen LogP contribution in [0.4, 0.5) is 0 Å². The van der Waals surface area contributed by atoms with Crippen molar-refractivity contribution in [2.24, 2.45) is 0 Å². The van der Waals surface area contributed by atoms with E-state index >= 15 is 0 Å². The number of aryl methyl sites for hydroxylation is 1. The van der Waals surface area contributed by atoms with Crippen LogP contribution in [0.15, 0.2) is 48.5 Å². The first-order valence-corrected chi connectivity index (χ1v) is 7.16. The molecule has 0 saturated carbocycles. The van der Waals surface area contributed by atoms with Gasteiger partial charge < -0.3 is 10.1 Å². The molecule has 1 atom stereocenters. The van der Waals surface area contributed by atoms with Crippen LogP contribution < -0.4 is 10.1 Å². The lowest BCUT2D eigenvalue weighted by molar-refractivity contribution is 0.414. The maximum atomic E-state index is 5.21. The predicted molar refractivity (Wildman–Crippen MR) is 84.3 cm³/mol. The Kier molecular flexibility index (Phi) is 5.19. The predicted octanol–water partition coefficient (Wildman–Crippen LogP) is 3.76. The molecule has 0 aliphatic rings. The molecule has 2 aromatic rings. The molecule has 0 aromatic heterocycles. The number of hydrogen-bond donors (Lipinski definition) is 1. The largest absolute Gasteiger partial charge is 0.497 e. The topological polar surface area (TPSA) is 21.3 Å². The Morgan fingerprint density at radius 2 is 1.75 bits per heavy atom. The normalized spacial score (nSPS) is 12.2. The number of benzene rings is 2. The summed E-state index contributed by atoms with van der Waals surface area (Å²) in [7, 11) is 3.73. The van der Waals surface area contributed by atoms with Gasteiger partial charge in [-0.2, -0.15) is 0 Å². The third kappa shape index (κ3) is 3.40. The lowest BCUT2D eigenvalue weighted by Gasteiger charge is -2.20. The standard InChI is InChI=1S/C18H23NO/c1-4-15-7-5-6-8-17(15)18(19-2)13-14-9-11-16(20-3)12-10-14/h5-12,18-19H,4,13H2,1-3H3. The second kappa shape index (κ2) is 7.11. The summed E-state index contributed by atoms with van der Waals surface area (Å²) in [6.45, 7) is 2.21. The Balaban J connectivity index is 2.19. The number of ether oxygens (including phenoxy) is 1. The Morgan fingerprint density at radius 1 is 1.05 bits per heavy atom. The highest BCUT2D eigenvalue weighted by Gasteiger charge is 2.13. The lowest BCUT2D eigenvalue weighted by atomic mass is 9.94. The average molecular weight is 269 g/mol. The molecule has 106 valence electrons. The van der Waals surface area contributed by atoms with Gasteiger partial charge in [-0.15, -0.1) is 0 Å². The zero-order valence-corrected chi connectivity index (χ0v) is 12.5. The van der Waals surface area contributed by atoms with Crippen LogP contribution in [0.5, 0.6) is 5.75 Å². The molecule has 20 heavy (non-hydrogen) atoms. The zero-order chi connectivity index (χ0) is 14.4. The Bertz CT molecular complexity index is 533. The van der Waals surface area contributed by atoms with Gasteiger partial charge in [0.15, 0.2) is 0 Å². The SMILES string of the molecule is CCc1ccccc1C(Cc1ccc(OC)cc1)NC. The van der Waals surface area contributed by atoms with Crippen molar-refractivity contribution in [3.05, 3.63) is 65.2 Å². The summed E-state index contributed by atoms with van der Waals surface area (Å²) in [6.07, 6.45) is 2.05. The second-order valence-corrected chi connectivity index (χ2v) is 4.95. The number of rotatable bonds is 6. The Labute approximate surface area is 121 Å². The minimum atomic E-state index is 0.347. The Morgan fingerprint density at radius 3 is 2.35 bits per heavy atom. The second-order valence-electron chi connectivity index (χ2n) is 4.95. The van der Waals surface area contributed by atoms with Crippen molar-refractivity contribution in [3.8, 4) is 5.75 Å². The summed E-state index contributed by atoms with van der Waals surface area (Å²) in [5.74, 6) is 0.906. The monoisotopic (exact) mass is 269 g/mol. The van der Waals surface area contributed by atoms with Crippen molar-refractivity contribution in [1.82, 2.24) is 5.32 Å². The minimum absolute atomic E-state index is 0.347. The van der Waals surface area contributed by atoms with Crippen molar-refractivity contribution in [2.75, 3.05) is 14.2 Å². The van der Waals surface area contributed by atoms with Crippen LogP contribution in [0.3, 0.4) is 0 Å². The zero-order valence-electron chi connectivity index (χ0n) is 12.5. The van der Waals surface area contributed by atoms with E-state index in [0.29, 0.717) is 6.04 Å². The third-order valence-corrected chi connectivity index (χ3v) is 3.76. The molecule has 0 spiro atoms. The first kappa shape index (κ1) is 14.6. The van der Waals surface area contributed by atoms with E-state index in [0.717, 1.165) is 18.6 Å². The van der Waals surface area contributed by atoms with Crippen molar-refractivity contribution in [1.29, 1.82) is 0 Å². The fourth-order valence-electron chi connectivity index (χ4n) is 2.56. The van der Waals surface area contributed by atoms with Crippen molar-refractivity contribution in [2.45, 2.75) is 25.8 Å². The smallest absolute Gasteiger partial charge is 0.118 e. The highest BCUT2D eigenvalue weighted by molar-refractivity contribution is 5.33. The summed E-state index contributed by atoms with van der Waals surface area (Å²) in [5, 5.41) is 3.44. The fourth-order valence-corrected chi connectivity index (χ4v) is 2.56. The number of likely N-dealkylation sites (N-methyl/N-ethyl adjacent to an activating group) is 1. The van der Waals surface area contributed by atoms with Crippen LogP contribution >= 0.6 is 0 Å². The van der Waals surface area contributed by atoms with E-state index in [-0.39, 0.29) is 0 Å². The van der Waals surface area contributed by atoms with Crippen LogP contribution in [-0.2, 0) is 12.8 Å². The van der Waals surface area contributed by atoms with Gasteiger partial charge in [0.05, 0.1) is 7.11 Å². The van der Waals surface area contributed by atoms with E-state index in [1.807, 2.05) is 19.2 Å². The molecule has 0 saturated heterocycles. The summed E-state index contributed by atoms with van der Waals surface area (Å²) in [5.41, 5.74) is 4.13. The molecular formula is C18H23NO. The molecule has 0 fully saturated rings. The highest BCUT2D eigenvalue weighted by atomic mass is 16.5. The van der Waals surface area contributed by atoms with Gasteiger partial charge in [-0.3, -0.25) is 0 Å². The first-order valence-electron chi connectivity index (χ1n) is 7.16. The van der Waals surface area contributed by atoms with E-state index in [4.69, 9.17) is 4.74 Å². The van der Waals surface area contributed by atoms with E-state index in [2.05, 4.69) is 48.6 Å². The molecule has 0 radical (unpaired) electrons. The van der Waals surface area contributed by atoms with Crippen LogP contribution in [0.2, 0.25) is 0 Å². The third-order valence-electron chi connectivity index (χ3n) is 3.76. The fraction of sp³-hybridized carbons (Fsp3) is 0.333. The van der Waals surface area contributed by atoms with Gasteiger partial charge in [-0.25, -0.2) is 0 Å². The minimum Gasteiger partial charge on any atom is -0.497 e. The average Bonchev–Trinajstić information content (AvgIpc) is 2.53. The van der Waals surface area contributed by atoms with Crippen molar-refractivity contribution in [3.63, 3.8) is 0 Å². The molecular weight excluding hydrogens is 246 g/mol. The number of nitrogens with one attached hydrogen (secondary N) is 1. The summed E-state index contributed by atoms with van der Waals surface area (Å²) >= 11 is 0. The van der Waals surface area contributed by atoms with E-state index < -0.39 is 0 Å². The summed E-state index contributed by atoms with van der Waals surface area (Å²) in [6, 6.07) is 17.3. The van der Waals surface area contributed by atoms with E-state index in [1.54, 1.807) is 7.11 Å². The molecule has 1 unspecified atom stereocenters. The van der Waals surface area contributed by atoms with Gasteiger partial charge in [-0.05, 0) is 48.7 Å². The van der Waals surface area contributed by atoms with Gasteiger partial charge in [-0.1, -0.05) is 43.3 Å². The van der Waals surface area contributed by atoms with E-state index in [1.165, 1.54) is 16.7 Å². The molecule has 0 amide bonds. The van der Waals surface area contributed by atoms with Gasteiger partial charge in [0.25, 0.3) is 0 Å². The van der Waals surface area contributed by atoms with Gasteiger partial charge in [0.2, 0.25) is 0 Å². The van der Waals surface area contributed by atoms with Crippen molar-refractivity contribution < 1.29 is 4.74 Å². The molecule has 2 nitrogen and oxygen atoms in total. The molecule has 2 aromatic carbocycles. The maximum Gasteiger partial charge on any atom is 0.118 e. The summed E-state index contributed by atoms with van der Waals surface area (Å²) in [4.78, 5) is 0. The first-order chi connectivity index (χ1) is 9.78. The molecule has 0 bridgehead atoms. The molecule has 0 heterocycles.